The molecular formula is C29H38N4O3. The molecule has 3 aliphatic heterocycles. The van der Waals surface area contributed by atoms with Crippen molar-refractivity contribution < 1.29 is 14.7 Å². The minimum Gasteiger partial charge on any atom is -0.508 e. The number of nitrogens with one attached hydrogen (secondary N) is 2. The Balaban J connectivity index is 1.40. The van der Waals surface area contributed by atoms with Gasteiger partial charge in [-0.25, -0.2) is 0 Å². The Labute approximate surface area is 213 Å². The molecule has 4 aliphatic rings. The molecule has 0 radical (unpaired) electrons. The maximum Gasteiger partial charge on any atom is 0.246 e. The molecule has 1 saturated carbocycles. The SMILES string of the molecule is CC(C)C[C@H]1[C@@H]2[C@@H]3C(=O)N[C@@]1(C(=O)NCc1ccc(O)cc1)C[C@@H]3CN2Cc1ccc(N(C)C)cc1. The summed E-state index contributed by atoms with van der Waals surface area (Å²) in [6.45, 7) is 6.40. The topological polar surface area (TPSA) is 84.9 Å². The summed E-state index contributed by atoms with van der Waals surface area (Å²) in [5.74, 6) is 0.746. The largest absolute Gasteiger partial charge is 0.508 e. The van der Waals surface area contributed by atoms with Crippen LogP contribution in [-0.2, 0) is 22.7 Å². The van der Waals surface area contributed by atoms with Gasteiger partial charge in [0.15, 0.2) is 0 Å². The molecule has 3 heterocycles. The predicted octanol–water partition coefficient (Wildman–Crippen LogP) is 3.13. The number of likely N-dealkylation sites (tertiary alicyclic amines) is 1. The van der Waals surface area contributed by atoms with Crippen molar-refractivity contribution in [2.24, 2.45) is 23.7 Å². The number of carbonyl (C=O) groups is 2. The molecule has 4 bridgehead atoms. The summed E-state index contributed by atoms with van der Waals surface area (Å²) in [5, 5.41) is 15.9. The van der Waals surface area contributed by atoms with Gasteiger partial charge in [0.1, 0.15) is 11.3 Å². The quantitative estimate of drug-likeness (QED) is 0.530. The number of piperidine rings is 2. The number of carbonyl (C=O) groups excluding carboxylic acids is 2. The summed E-state index contributed by atoms with van der Waals surface area (Å²) in [4.78, 5) is 31.7. The molecule has 3 saturated heterocycles. The lowest BCUT2D eigenvalue weighted by molar-refractivity contribution is -0.155. The monoisotopic (exact) mass is 490 g/mol. The van der Waals surface area contributed by atoms with Crippen LogP contribution in [0.1, 0.15) is 37.8 Å². The molecule has 5 atom stereocenters. The molecule has 192 valence electrons. The third-order valence-electron chi connectivity index (χ3n) is 8.40. The molecule has 0 aromatic heterocycles. The van der Waals surface area contributed by atoms with Gasteiger partial charge in [0.2, 0.25) is 11.8 Å². The van der Waals surface area contributed by atoms with Crippen LogP contribution in [-0.4, -0.2) is 54.0 Å². The average molecular weight is 491 g/mol. The molecule has 3 N–H and O–H groups in total. The van der Waals surface area contributed by atoms with E-state index in [0.29, 0.717) is 18.9 Å². The van der Waals surface area contributed by atoms with Crippen LogP contribution in [0.2, 0.25) is 0 Å². The minimum absolute atomic E-state index is 0.0292. The molecule has 4 fully saturated rings. The van der Waals surface area contributed by atoms with E-state index >= 15 is 0 Å². The van der Waals surface area contributed by atoms with Crippen LogP contribution in [0.3, 0.4) is 0 Å². The van der Waals surface area contributed by atoms with Crippen LogP contribution >= 0.6 is 0 Å². The summed E-state index contributed by atoms with van der Waals surface area (Å²) in [5.41, 5.74) is 2.43. The Morgan fingerprint density at radius 1 is 1.14 bits per heavy atom. The van der Waals surface area contributed by atoms with Crippen molar-refractivity contribution in [2.45, 2.75) is 51.4 Å². The zero-order chi connectivity index (χ0) is 25.6. The molecule has 2 amide bonds. The summed E-state index contributed by atoms with van der Waals surface area (Å²) >= 11 is 0. The molecule has 7 heteroatoms. The van der Waals surface area contributed by atoms with Crippen LogP contribution in [0.5, 0.6) is 5.75 Å². The van der Waals surface area contributed by atoms with E-state index in [-0.39, 0.29) is 41.4 Å². The lowest BCUT2D eigenvalue weighted by Gasteiger charge is -2.55. The standard InChI is InChI=1S/C29H38N4O3/c1-18(2)13-24-26-25-21(17-33(26)16-20-5-9-22(10-6-20)32(3)4)14-29(24,31-27(25)35)28(36)30-15-19-7-11-23(34)12-8-19/h5-12,18,21,24-26,34H,13-17H2,1-4H3,(H,30,36)(H,31,35)/t21-,24+,25-,26-,29+/m1/s1. The maximum absolute atomic E-state index is 13.8. The molecule has 1 aliphatic carbocycles. The van der Waals surface area contributed by atoms with Crippen molar-refractivity contribution in [1.29, 1.82) is 0 Å². The fourth-order valence-corrected chi connectivity index (χ4v) is 6.84. The van der Waals surface area contributed by atoms with E-state index in [1.165, 1.54) is 11.3 Å². The smallest absolute Gasteiger partial charge is 0.246 e. The van der Waals surface area contributed by atoms with Crippen molar-refractivity contribution in [2.75, 3.05) is 25.5 Å². The molecule has 6 rings (SSSR count). The van der Waals surface area contributed by atoms with Gasteiger partial charge < -0.3 is 20.6 Å². The van der Waals surface area contributed by atoms with Crippen molar-refractivity contribution in [3.8, 4) is 5.75 Å². The molecule has 0 unspecified atom stereocenters. The van der Waals surface area contributed by atoms with Crippen LogP contribution in [0, 0.1) is 23.7 Å². The lowest BCUT2D eigenvalue weighted by Crippen LogP contribution is -2.75. The Kier molecular flexibility index (Phi) is 6.45. The van der Waals surface area contributed by atoms with Gasteiger partial charge in [-0.2, -0.15) is 0 Å². The number of aromatic hydroxyl groups is 1. The number of rotatable bonds is 8. The third kappa shape index (κ3) is 4.34. The Morgan fingerprint density at radius 2 is 1.81 bits per heavy atom. The summed E-state index contributed by atoms with van der Waals surface area (Å²) in [7, 11) is 4.08. The van der Waals surface area contributed by atoms with Gasteiger partial charge in [-0.05, 0) is 60.1 Å². The highest BCUT2D eigenvalue weighted by atomic mass is 16.3. The van der Waals surface area contributed by atoms with Crippen molar-refractivity contribution in [1.82, 2.24) is 15.5 Å². The predicted molar refractivity (Wildman–Crippen MR) is 140 cm³/mol. The van der Waals surface area contributed by atoms with Crippen molar-refractivity contribution >= 4 is 17.5 Å². The van der Waals surface area contributed by atoms with Gasteiger partial charge in [0, 0.05) is 51.4 Å². The first-order valence-corrected chi connectivity index (χ1v) is 13.1. The minimum atomic E-state index is -0.883. The van der Waals surface area contributed by atoms with Crippen LogP contribution in [0.4, 0.5) is 5.69 Å². The van der Waals surface area contributed by atoms with Gasteiger partial charge in [-0.1, -0.05) is 38.1 Å². The van der Waals surface area contributed by atoms with E-state index in [4.69, 9.17) is 0 Å². The highest BCUT2D eigenvalue weighted by Gasteiger charge is 2.67. The van der Waals surface area contributed by atoms with E-state index in [9.17, 15) is 14.7 Å². The summed E-state index contributed by atoms with van der Waals surface area (Å²) < 4.78 is 0. The van der Waals surface area contributed by atoms with Crippen LogP contribution < -0.4 is 15.5 Å². The normalized spacial score (nSPS) is 28.9. The maximum atomic E-state index is 13.8. The third-order valence-corrected chi connectivity index (χ3v) is 8.40. The number of hydrogen-bond acceptors (Lipinski definition) is 5. The van der Waals surface area contributed by atoms with Gasteiger partial charge in [-0.3, -0.25) is 14.5 Å². The van der Waals surface area contributed by atoms with Crippen LogP contribution in [0.25, 0.3) is 0 Å². The number of hydrogen-bond donors (Lipinski definition) is 3. The second-order valence-corrected chi connectivity index (χ2v) is 11.5. The van der Waals surface area contributed by atoms with E-state index in [1.807, 2.05) is 26.2 Å². The number of nitrogens with zero attached hydrogens (tertiary/aromatic N) is 2. The Bertz CT molecular complexity index is 1110. The molecular weight excluding hydrogens is 452 g/mol. The second-order valence-electron chi connectivity index (χ2n) is 11.5. The first-order chi connectivity index (χ1) is 17.2. The van der Waals surface area contributed by atoms with Gasteiger partial charge >= 0.3 is 0 Å². The summed E-state index contributed by atoms with van der Waals surface area (Å²) in [6, 6.07) is 15.6. The molecule has 7 nitrogen and oxygen atoms in total. The van der Waals surface area contributed by atoms with Crippen molar-refractivity contribution in [3.05, 3.63) is 59.7 Å². The lowest BCUT2D eigenvalue weighted by atomic mass is 9.57. The van der Waals surface area contributed by atoms with E-state index in [2.05, 4.69) is 58.5 Å². The number of benzene rings is 2. The molecule has 36 heavy (non-hydrogen) atoms. The highest BCUT2D eigenvalue weighted by Crippen LogP contribution is 2.54. The first kappa shape index (κ1) is 24.6. The average Bonchev–Trinajstić information content (AvgIpc) is 3.14. The highest BCUT2D eigenvalue weighted by molar-refractivity contribution is 5.96. The zero-order valence-electron chi connectivity index (χ0n) is 21.7. The number of phenolic OH excluding ortho intramolecular Hbond substituents is 1. The number of anilines is 1. The van der Waals surface area contributed by atoms with E-state index < -0.39 is 5.54 Å². The second kappa shape index (κ2) is 9.43. The van der Waals surface area contributed by atoms with Gasteiger partial charge in [0.25, 0.3) is 0 Å². The molecule has 2 aromatic carbocycles. The first-order valence-electron chi connectivity index (χ1n) is 13.1. The van der Waals surface area contributed by atoms with Gasteiger partial charge in [0.05, 0.1) is 5.92 Å². The van der Waals surface area contributed by atoms with Crippen LogP contribution in [0.15, 0.2) is 48.5 Å². The molecule has 0 spiro atoms. The van der Waals surface area contributed by atoms with E-state index in [1.54, 1.807) is 12.1 Å². The summed E-state index contributed by atoms with van der Waals surface area (Å²) in [6.07, 6.45) is 1.58. The fraction of sp³-hybridized carbons (Fsp3) is 0.517. The zero-order valence-corrected chi connectivity index (χ0v) is 21.7. The van der Waals surface area contributed by atoms with Crippen molar-refractivity contribution in [3.63, 3.8) is 0 Å². The van der Waals surface area contributed by atoms with E-state index in [0.717, 1.165) is 25.1 Å². The number of fused-ring (bicyclic) bond motifs is 1. The number of amides is 2. The van der Waals surface area contributed by atoms with Gasteiger partial charge in [-0.15, -0.1) is 0 Å². The Hall–Kier alpha value is -3.06. The fourth-order valence-electron chi connectivity index (χ4n) is 6.84. The Morgan fingerprint density at radius 3 is 2.44 bits per heavy atom. The number of phenols is 1. The molecule has 2 aromatic rings.